The molecular weight excluding hydrogens is 437 g/mol. The van der Waals surface area contributed by atoms with Crippen molar-refractivity contribution in [3.05, 3.63) is 65.5 Å². The second-order valence-corrected chi connectivity index (χ2v) is 9.14. The number of ether oxygens (including phenoxy) is 1. The number of nitrogens with one attached hydrogen (secondary N) is 2. The van der Waals surface area contributed by atoms with Crippen LogP contribution < -0.4 is 10.1 Å². The van der Waals surface area contributed by atoms with E-state index in [9.17, 15) is 10.2 Å². The lowest BCUT2D eigenvalue weighted by Crippen LogP contribution is -2.35. The summed E-state index contributed by atoms with van der Waals surface area (Å²) in [7, 11) is 0. The molecule has 4 aromatic rings. The van der Waals surface area contributed by atoms with E-state index in [1.165, 1.54) is 0 Å². The van der Waals surface area contributed by atoms with Crippen LogP contribution in [0.3, 0.4) is 0 Å². The molecule has 0 saturated heterocycles. The van der Waals surface area contributed by atoms with Crippen molar-refractivity contribution in [2.75, 3.05) is 6.54 Å². The third-order valence-corrected chi connectivity index (χ3v) is 7.17. The van der Waals surface area contributed by atoms with Crippen molar-refractivity contribution in [1.29, 1.82) is 0 Å². The molecule has 3 aromatic heterocycles. The maximum absolute atomic E-state index is 15.4. The Balaban J connectivity index is 1.35. The van der Waals surface area contributed by atoms with Gasteiger partial charge in [0.05, 0.1) is 12.2 Å². The van der Waals surface area contributed by atoms with Gasteiger partial charge in [0.2, 0.25) is 0 Å². The van der Waals surface area contributed by atoms with E-state index < -0.39 is 24.4 Å². The van der Waals surface area contributed by atoms with Gasteiger partial charge in [0.15, 0.2) is 0 Å². The van der Waals surface area contributed by atoms with Crippen LogP contribution in [0, 0.1) is 12.7 Å². The molecule has 4 atom stereocenters. The van der Waals surface area contributed by atoms with Crippen molar-refractivity contribution >= 4 is 11.0 Å². The van der Waals surface area contributed by atoms with Crippen LogP contribution in [0.25, 0.3) is 22.2 Å². The largest absolute Gasteiger partial charge is 0.487 e. The zero-order valence-corrected chi connectivity index (χ0v) is 18.7. The van der Waals surface area contributed by atoms with Gasteiger partial charge in [-0.2, -0.15) is 5.10 Å². The van der Waals surface area contributed by atoms with E-state index in [2.05, 4.69) is 20.5 Å². The Morgan fingerprint density at radius 1 is 1.21 bits per heavy atom. The minimum absolute atomic E-state index is 0.268. The quantitative estimate of drug-likeness (QED) is 0.371. The van der Waals surface area contributed by atoms with E-state index in [0.29, 0.717) is 48.4 Å². The number of pyridine rings is 1. The maximum Gasteiger partial charge on any atom is 0.140 e. The first-order valence-corrected chi connectivity index (χ1v) is 11.5. The van der Waals surface area contributed by atoms with E-state index in [1.807, 2.05) is 29.8 Å². The van der Waals surface area contributed by atoms with Gasteiger partial charge in [-0.3, -0.25) is 5.10 Å². The molecule has 0 spiro atoms. The Labute approximate surface area is 195 Å². The normalized spacial score (nSPS) is 24.5. The second-order valence-electron chi connectivity index (χ2n) is 9.14. The minimum Gasteiger partial charge on any atom is -0.487 e. The molecule has 1 saturated carbocycles. The Morgan fingerprint density at radius 2 is 2.09 bits per heavy atom. The number of fused-ring (bicyclic) bond motifs is 2. The van der Waals surface area contributed by atoms with Crippen molar-refractivity contribution in [2.24, 2.45) is 0 Å². The fraction of sp³-hybridized carbons (Fsp3) is 0.360. The molecule has 0 bridgehead atoms. The van der Waals surface area contributed by atoms with Crippen LogP contribution >= 0.6 is 0 Å². The molecule has 1 aromatic carbocycles. The van der Waals surface area contributed by atoms with Gasteiger partial charge in [-0.1, -0.05) is 0 Å². The van der Waals surface area contributed by atoms with E-state index in [0.717, 1.165) is 22.2 Å². The number of aliphatic hydroxyl groups excluding tert-OH is 2. The predicted molar refractivity (Wildman–Crippen MR) is 124 cm³/mol. The number of benzene rings is 1. The molecule has 4 unspecified atom stereocenters. The van der Waals surface area contributed by atoms with Gasteiger partial charge in [0.1, 0.15) is 35.5 Å². The molecule has 0 amide bonds. The number of aromatic nitrogens is 4. The summed E-state index contributed by atoms with van der Waals surface area (Å²) in [6, 6.07) is 5.20. The number of aromatic amines is 1. The lowest BCUT2D eigenvalue weighted by atomic mass is 9.94. The highest BCUT2D eigenvalue weighted by molar-refractivity contribution is 5.79. The standard InChI is InChI=1S/C25H26FN5O3/c1-13-2-6-28-25-15(13)4-7-31(25)19-9-21(24(33)23(19)32)34-20-8-17(14-10-29-30-11-14)22(26)16-3-5-27-12-18(16)20/h2,4,6-8,10-11,19,21,23-24,27,32-33H,3,5,9,12H2,1H3,(H,29,30). The summed E-state index contributed by atoms with van der Waals surface area (Å²) < 4.78 is 23.6. The molecule has 4 N–H and O–H groups in total. The number of aliphatic hydroxyl groups is 2. The first-order valence-electron chi connectivity index (χ1n) is 11.5. The fourth-order valence-corrected chi connectivity index (χ4v) is 5.30. The third-order valence-electron chi connectivity index (χ3n) is 7.17. The molecule has 1 aliphatic heterocycles. The summed E-state index contributed by atoms with van der Waals surface area (Å²) in [5, 5.41) is 32.8. The predicted octanol–water partition coefficient (Wildman–Crippen LogP) is 2.63. The summed E-state index contributed by atoms with van der Waals surface area (Å²) in [4.78, 5) is 4.49. The SMILES string of the molecule is Cc1ccnc2c1ccn2C1CC(Oc2cc(-c3cn[nH]c3)c(F)c3c2CNCC3)C(O)C1O. The van der Waals surface area contributed by atoms with Gasteiger partial charge in [-0.05, 0) is 49.2 Å². The molecule has 9 heteroatoms. The van der Waals surface area contributed by atoms with Gasteiger partial charge in [-0.25, -0.2) is 9.37 Å². The lowest BCUT2D eigenvalue weighted by Gasteiger charge is -2.26. The number of hydrogen-bond acceptors (Lipinski definition) is 6. The highest BCUT2D eigenvalue weighted by atomic mass is 19.1. The molecule has 6 rings (SSSR count). The highest BCUT2D eigenvalue weighted by Gasteiger charge is 2.44. The molecule has 4 heterocycles. The zero-order valence-electron chi connectivity index (χ0n) is 18.7. The van der Waals surface area contributed by atoms with E-state index in [4.69, 9.17) is 4.74 Å². The average molecular weight is 464 g/mol. The van der Waals surface area contributed by atoms with Crippen molar-refractivity contribution in [3.63, 3.8) is 0 Å². The smallest absolute Gasteiger partial charge is 0.140 e. The molecule has 0 radical (unpaired) electrons. The van der Waals surface area contributed by atoms with Crippen LogP contribution in [0.4, 0.5) is 4.39 Å². The van der Waals surface area contributed by atoms with Gasteiger partial charge in [-0.15, -0.1) is 0 Å². The van der Waals surface area contributed by atoms with Crippen molar-refractivity contribution in [1.82, 2.24) is 25.1 Å². The van der Waals surface area contributed by atoms with Crippen LogP contribution in [0.15, 0.2) is 43.0 Å². The van der Waals surface area contributed by atoms with E-state index in [1.54, 1.807) is 24.7 Å². The summed E-state index contributed by atoms with van der Waals surface area (Å²) in [5.41, 5.74) is 4.28. The van der Waals surface area contributed by atoms with Crippen LogP contribution in [-0.4, -0.2) is 54.8 Å². The average Bonchev–Trinajstić information content (AvgIpc) is 3.58. The molecule has 8 nitrogen and oxygen atoms in total. The Hall–Kier alpha value is -3.27. The van der Waals surface area contributed by atoms with Crippen molar-refractivity contribution in [3.8, 4) is 16.9 Å². The van der Waals surface area contributed by atoms with Gasteiger partial charge < -0.3 is 24.8 Å². The van der Waals surface area contributed by atoms with Crippen LogP contribution in [0.5, 0.6) is 5.75 Å². The van der Waals surface area contributed by atoms with Gasteiger partial charge in [0.25, 0.3) is 0 Å². The fourth-order valence-electron chi connectivity index (χ4n) is 5.30. The number of aryl methyl sites for hydroxylation is 1. The number of H-pyrrole nitrogens is 1. The Kier molecular flexibility index (Phi) is 5.13. The Bertz CT molecular complexity index is 1350. The van der Waals surface area contributed by atoms with Crippen LogP contribution in [-0.2, 0) is 13.0 Å². The molecule has 1 fully saturated rings. The van der Waals surface area contributed by atoms with E-state index >= 15 is 4.39 Å². The van der Waals surface area contributed by atoms with Gasteiger partial charge >= 0.3 is 0 Å². The minimum atomic E-state index is -1.10. The number of halogens is 1. The number of nitrogens with zero attached hydrogens (tertiary/aromatic N) is 3. The molecular formula is C25H26FN5O3. The Morgan fingerprint density at radius 3 is 2.91 bits per heavy atom. The van der Waals surface area contributed by atoms with Crippen LogP contribution in [0.1, 0.15) is 29.2 Å². The molecule has 2 aliphatic rings. The topological polar surface area (TPSA) is 108 Å². The van der Waals surface area contributed by atoms with Crippen LogP contribution in [0.2, 0.25) is 0 Å². The lowest BCUT2D eigenvalue weighted by molar-refractivity contribution is -0.0166. The highest BCUT2D eigenvalue weighted by Crippen LogP contribution is 2.40. The van der Waals surface area contributed by atoms with E-state index in [-0.39, 0.29) is 5.82 Å². The van der Waals surface area contributed by atoms with Crippen molar-refractivity contribution < 1.29 is 19.3 Å². The molecule has 1 aliphatic carbocycles. The molecule has 176 valence electrons. The first kappa shape index (κ1) is 21.3. The summed E-state index contributed by atoms with van der Waals surface area (Å²) in [6.07, 6.45) is 5.02. The summed E-state index contributed by atoms with van der Waals surface area (Å²) in [5.74, 6) is 0.249. The first-order chi connectivity index (χ1) is 16.5. The zero-order chi connectivity index (χ0) is 23.4. The second kappa shape index (κ2) is 8.19. The third kappa shape index (κ3) is 3.31. The summed E-state index contributed by atoms with van der Waals surface area (Å²) >= 11 is 0. The number of hydrogen-bond donors (Lipinski definition) is 4. The maximum atomic E-state index is 15.4. The summed E-state index contributed by atoms with van der Waals surface area (Å²) in [6.45, 7) is 3.18. The number of rotatable bonds is 4. The molecule has 34 heavy (non-hydrogen) atoms. The monoisotopic (exact) mass is 463 g/mol. The van der Waals surface area contributed by atoms with Gasteiger partial charge in [0, 0.05) is 53.6 Å². The van der Waals surface area contributed by atoms with Crippen molar-refractivity contribution in [2.45, 2.75) is 50.7 Å².